The predicted molar refractivity (Wildman–Crippen MR) is 76.4 cm³/mol. The number of aromatic nitrogens is 1. The zero-order valence-corrected chi connectivity index (χ0v) is 11.3. The van der Waals surface area contributed by atoms with E-state index in [4.69, 9.17) is 5.11 Å². The number of aromatic carboxylic acids is 1. The van der Waals surface area contributed by atoms with Gasteiger partial charge in [0.2, 0.25) is 0 Å². The molecule has 0 aliphatic rings. The number of carboxylic acids is 1. The molecule has 108 valence electrons. The van der Waals surface area contributed by atoms with Gasteiger partial charge < -0.3 is 10.0 Å². The van der Waals surface area contributed by atoms with Gasteiger partial charge in [-0.1, -0.05) is 6.07 Å². The van der Waals surface area contributed by atoms with Crippen LogP contribution in [0.25, 0.3) is 0 Å². The van der Waals surface area contributed by atoms with Crippen LogP contribution >= 0.6 is 0 Å². The van der Waals surface area contributed by atoms with Crippen LogP contribution in [0.5, 0.6) is 0 Å². The van der Waals surface area contributed by atoms with Crippen LogP contribution in [0.1, 0.15) is 15.9 Å². The minimum atomic E-state index is -1.32. The lowest BCUT2D eigenvalue weighted by Crippen LogP contribution is -2.19. The lowest BCUT2D eigenvalue weighted by atomic mass is 10.1. The number of benzene rings is 1. The summed E-state index contributed by atoms with van der Waals surface area (Å²) in [4.78, 5) is 27.2. The van der Waals surface area contributed by atoms with Crippen LogP contribution in [0, 0.1) is 10.1 Å². The van der Waals surface area contributed by atoms with Crippen molar-refractivity contribution in [3.05, 3.63) is 64.0 Å². The van der Waals surface area contributed by atoms with Gasteiger partial charge in [0, 0.05) is 26.0 Å². The Morgan fingerprint density at radius 3 is 2.57 bits per heavy atom. The number of carboxylic acid groups (broad SMARTS) is 1. The first-order valence-corrected chi connectivity index (χ1v) is 6.11. The Hall–Kier alpha value is -2.96. The molecule has 2 aromatic rings. The maximum atomic E-state index is 11.2. The molecule has 7 heteroatoms. The zero-order valence-electron chi connectivity index (χ0n) is 11.3. The molecule has 0 saturated carbocycles. The molecule has 0 aliphatic carbocycles. The van der Waals surface area contributed by atoms with Gasteiger partial charge in [-0.2, -0.15) is 0 Å². The summed E-state index contributed by atoms with van der Waals surface area (Å²) in [6.45, 7) is 0.409. The van der Waals surface area contributed by atoms with Crippen LogP contribution < -0.4 is 4.90 Å². The van der Waals surface area contributed by atoms with Crippen molar-refractivity contribution < 1.29 is 14.8 Å². The Bertz CT molecular complexity index is 673. The van der Waals surface area contributed by atoms with Crippen LogP contribution in [0.4, 0.5) is 11.4 Å². The quantitative estimate of drug-likeness (QED) is 0.669. The molecule has 0 unspecified atom stereocenters. The molecule has 0 spiro atoms. The number of nitro benzene ring substituents is 1. The lowest BCUT2D eigenvalue weighted by Gasteiger charge is -2.19. The summed E-state index contributed by atoms with van der Waals surface area (Å²) in [6, 6.07) is 7.84. The molecule has 1 aromatic heterocycles. The van der Waals surface area contributed by atoms with Crippen molar-refractivity contribution in [1.82, 2.24) is 4.98 Å². The Morgan fingerprint density at radius 1 is 1.33 bits per heavy atom. The fraction of sp³-hybridized carbons (Fsp3) is 0.143. The second-order valence-corrected chi connectivity index (χ2v) is 4.45. The van der Waals surface area contributed by atoms with Gasteiger partial charge in [0.15, 0.2) is 0 Å². The van der Waals surface area contributed by atoms with Gasteiger partial charge >= 0.3 is 11.7 Å². The average Bonchev–Trinajstić information content (AvgIpc) is 2.47. The van der Waals surface area contributed by atoms with Gasteiger partial charge in [0.1, 0.15) is 11.3 Å². The number of carbonyl (C=O) groups is 1. The van der Waals surface area contributed by atoms with Crippen LogP contribution in [0.15, 0.2) is 42.7 Å². The number of nitrogens with zero attached hydrogens (tertiary/aromatic N) is 3. The molecule has 0 bridgehead atoms. The van der Waals surface area contributed by atoms with Crippen LogP contribution in [-0.2, 0) is 6.54 Å². The Kier molecular flexibility index (Phi) is 4.13. The van der Waals surface area contributed by atoms with E-state index in [2.05, 4.69) is 4.98 Å². The van der Waals surface area contributed by atoms with Crippen molar-refractivity contribution in [2.45, 2.75) is 6.54 Å². The fourth-order valence-electron chi connectivity index (χ4n) is 2.05. The first-order chi connectivity index (χ1) is 10.0. The summed E-state index contributed by atoms with van der Waals surface area (Å²) in [7, 11) is 1.67. The molecule has 0 saturated heterocycles. The van der Waals surface area contributed by atoms with Crippen molar-refractivity contribution in [3.63, 3.8) is 0 Å². The minimum absolute atomic E-state index is 0.261. The van der Waals surface area contributed by atoms with E-state index >= 15 is 0 Å². The molecule has 1 N–H and O–H groups in total. The Morgan fingerprint density at radius 2 is 2.00 bits per heavy atom. The molecule has 1 aromatic carbocycles. The van der Waals surface area contributed by atoms with E-state index in [0.717, 1.165) is 5.56 Å². The number of para-hydroxylation sites is 1. The SMILES string of the molecule is CN(Cc1ccncc1)c1cccc(C(=O)O)c1[N+](=O)[O-]. The van der Waals surface area contributed by atoms with Crippen LogP contribution in [0.2, 0.25) is 0 Å². The van der Waals surface area contributed by atoms with E-state index in [9.17, 15) is 14.9 Å². The normalized spacial score (nSPS) is 10.1. The third kappa shape index (κ3) is 3.14. The molecular formula is C14H13N3O4. The van der Waals surface area contributed by atoms with Crippen LogP contribution in [-0.4, -0.2) is 28.0 Å². The molecule has 7 nitrogen and oxygen atoms in total. The number of hydrogen-bond acceptors (Lipinski definition) is 5. The number of rotatable bonds is 5. The number of nitro groups is 1. The highest BCUT2D eigenvalue weighted by molar-refractivity contribution is 5.95. The largest absolute Gasteiger partial charge is 0.477 e. The van der Waals surface area contributed by atoms with Gasteiger partial charge in [0.05, 0.1) is 4.92 Å². The third-order valence-corrected chi connectivity index (χ3v) is 3.01. The average molecular weight is 287 g/mol. The van der Waals surface area contributed by atoms with Crippen molar-refractivity contribution in [1.29, 1.82) is 0 Å². The van der Waals surface area contributed by atoms with Crippen molar-refractivity contribution in [3.8, 4) is 0 Å². The number of pyridine rings is 1. The second-order valence-electron chi connectivity index (χ2n) is 4.45. The molecule has 0 radical (unpaired) electrons. The summed E-state index contributed by atoms with van der Waals surface area (Å²) in [5.41, 5.74) is 0.458. The topological polar surface area (TPSA) is 96.6 Å². The molecule has 2 rings (SSSR count). The first kappa shape index (κ1) is 14.4. The lowest BCUT2D eigenvalue weighted by molar-refractivity contribution is -0.384. The predicted octanol–water partition coefficient (Wildman–Crippen LogP) is 2.32. The minimum Gasteiger partial charge on any atom is -0.477 e. The molecule has 21 heavy (non-hydrogen) atoms. The Balaban J connectivity index is 2.41. The van der Waals surface area contributed by atoms with E-state index < -0.39 is 16.6 Å². The molecular weight excluding hydrogens is 274 g/mol. The van der Waals surface area contributed by atoms with Gasteiger partial charge in [-0.05, 0) is 29.8 Å². The summed E-state index contributed by atoms with van der Waals surface area (Å²) < 4.78 is 0. The second kappa shape index (κ2) is 6.00. The highest BCUT2D eigenvalue weighted by Crippen LogP contribution is 2.31. The maximum absolute atomic E-state index is 11.2. The molecule has 0 atom stereocenters. The molecule has 0 aliphatic heterocycles. The zero-order chi connectivity index (χ0) is 15.4. The van der Waals surface area contributed by atoms with E-state index in [1.807, 2.05) is 0 Å². The summed E-state index contributed by atoms with van der Waals surface area (Å²) in [6.07, 6.45) is 3.26. The summed E-state index contributed by atoms with van der Waals surface area (Å²) >= 11 is 0. The van der Waals surface area contributed by atoms with Crippen molar-refractivity contribution in [2.24, 2.45) is 0 Å². The van der Waals surface area contributed by atoms with E-state index in [1.165, 1.54) is 18.2 Å². The monoisotopic (exact) mass is 287 g/mol. The van der Waals surface area contributed by atoms with Gasteiger partial charge in [-0.3, -0.25) is 15.1 Å². The van der Waals surface area contributed by atoms with E-state index in [-0.39, 0.29) is 11.3 Å². The third-order valence-electron chi connectivity index (χ3n) is 3.01. The molecule has 0 fully saturated rings. The summed E-state index contributed by atoms with van der Waals surface area (Å²) in [5.74, 6) is -1.32. The van der Waals surface area contributed by atoms with Crippen molar-refractivity contribution in [2.75, 3.05) is 11.9 Å². The molecule has 1 heterocycles. The maximum Gasteiger partial charge on any atom is 0.342 e. The summed E-state index contributed by atoms with van der Waals surface area (Å²) in [5, 5.41) is 20.3. The van der Waals surface area contributed by atoms with Gasteiger partial charge in [-0.25, -0.2) is 4.79 Å². The van der Waals surface area contributed by atoms with Crippen molar-refractivity contribution >= 4 is 17.3 Å². The highest BCUT2D eigenvalue weighted by Gasteiger charge is 2.26. The number of hydrogen-bond donors (Lipinski definition) is 1. The first-order valence-electron chi connectivity index (χ1n) is 6.11. The molecule has 0 amide bonds. The van der Waals surface area contributed by atoms with E-state index in [1.54, 1.807) is 36.5 Å². The number of anilines is 1. The fourth-order valence-corrected chi connectivity index (χ4v) is 2.05. The van der Waals surface area contributed by atoms with E-state index in [0.29, 0.717) is 6.54 Å². The van der Waals surface area contributed by atoms with Gasteiger partial charge in [-0.15, -0.1) is 0 Å². The Labute approximate surface area is 120 Å². The van der Waals surface area contributed by atoms with Crippen LogP contribution in [0.3, 0.4) is 0 Å². The highest BCUT2D eigenvalue weighted by atomic mass is 16.6. The smallest absolute Gasteiger partial charge is 0.342 e. The van der Waals surface area contributed by atoms with Gasteiger partial charge in [0.25, 0.3) is 0 Å². The standard InChI is InChI=1S/C14H13N3O4/c1-16(9-10-5-7-15-8-6-10)12-4-2-3-11(14(18)19)13(12)17(20)21/h2-8H,9H2,1H3,(H,18,19).